The normalized spacial score (nSPS) is 16.5. The first-order chi connectivity index (χ1) is 14.3. The van der Waals surface area contributed by atoms with E-state index in [9.17, 15) is 14.7 Å². The molecule has 0 fully saturated rings. The van der Waals surface area contributed by atoms with Gasteiger partial charge in [-0.1, -0.05) is 6.07 Å². The molecule has 1 amide bonds. The molecule has 0 bridgehead atoms. The van der Waals surface area contributed by atoms with Crippen LogP contribution in [0.2, 0.25) is 0 Å². The molecule has 7 heteroatoms. The van der Waals surface area contributed by atoms with Gasteiger partial charge < -0.3 is 5.11 Å². The van der Waals surface area contributed by atoms with Gasteiger partial charge in [-0.25, -0.2) is 4.98 Å². The minimum atomic E-state index is -0.753. The van der Waals surface area contributed by atoms with E-state index in [1.54, 1.807) is 31.5 Å². The summed E-state index contributed by atoms with van der Waals surface area (Å²) in [7, 11) is 0. The summed E-state index contributed by atoms with van der Waals surface area (Å²) in [6, 6.07) is 8.40. The van der Waals surface area contributed by atoms with Crippen LogP contribution >= 0.6 is 11.3 Å². The van der Waals surface area contributed by atoms with Crippen molar-refractivity contribution in [3.8, 4) is 0 Å². The van der Waals surface area contributed by atoms with Crippen molar-refractivity contribution < 1.29 is 14.7 Å². The number of rotatable bonds is 4. The molecule has 152 valence electrons. The smallest absolute Gasteiger partial charge is 0.294 e. The second-order valence-corrected chi connectivity index (χ2v) is 8.57. The monoisotopic (exact) mass is 419 g/mol. The number of thiazole rings is 1. The highest BCUT2D eigenvalue weighted by molar-refractivity contribution is 7.14. The number of carbonyl (C=O) groups is 2. The molecule has 1 aromatic carbocycles. The molecule has 0 radical (unpaired) electrons. The first-order valence-electron chi connectivity index (χ1n) is 9.52. The number of hydrogen-bond donors (Lipinski definition) is 1. The standard InChI is InChI=1S/C23H21N3O3S/c1-12-5-6-17(11-13(12)2)26-19(16-7-9-24-10-8-16)18(21(28)23(26)29)20(27)22-14(3)25-15(4)30-22/h5-11,19,28H,1-4H3. The van der Waals surface area contributed by atoms with E-state index in [0.29, 0.717) is 21.8 Å². The maximum absolute atomic E-state index is 13.5. The van der Waals surface area contributed by atoms with Gasteiger partial charge in [0.2, 0.25) is 5.78 Å². The van der Waals surface area contributed by atoms with Gasteiger partial charge in [-0.05, 0) is 68.7 Å². The van der Waals surface area contributed by atoms with Crippen molar-refractivity contribution in [1.82, 2.24) is 9.97 Å². The van der Waals surface area contributed by atoms with Crippen LogP contribution in [-0.4, -0.2) is 26.8 Å². The molecule has 2 aromatic heterocycles. The first kappa shape index (κ1) is 20.0. The predicted octanol–water partition coefficient (Wildman–Crippen LogP) is 4.55. The van der Waals surface area contributed by atoms with Crippen molar-refractivity contribution in [2.75, 3.05) is 4.90 Å². The molecule has 0 saturated carbocycles. The molecule has 4 rings (SSSR count). The molecule has 0 saturated heterocycles. The summed E-state index contributed by atoms with van der Waals surface area (Å²) in [6.45, 7) is 7.53. The van der Waals surface area contributed by atoms with Crippen molar-refractivity contribution in [3.05, 3.63) is 86.3 Å². The Morgan fingerprint density at radius 1 is 1.07 bits per heavy atom. The first-order valence-corrected chi connectivity index (χ1v) is 10.3. The van der Waals surface area contributed by atoms with Crippen molar-refractivity contribution in [2.24, 2.45) is 0 Å². The molecule has 1 N–H and O–H groups in total. The number of nitrogens with zero attached hydrogens (tertiary/aromatic N) is 3. The maximum atomic E-state index is 13.5. The predicted molar refractivity (Wildman–Crippen MR) is 116 cm³/mol. The molecule has 30 heavy (non-hydrogen) atoms. The van der Waals surface area contributed by atoms with E-state index in [1.165, 1.54) is 16.2 Å². The molecule has 3 aromatic rings. The van der Waals surface area contributed by atoms with Crippen molar-refractivity contribution in [1.29, 1.82) is 0 Å². The molecule has 6 nitrogen and oxygen atoms in total. The second-order valence-electron chi connectivity index (χ2n) is 7.37. The Balaban J connectivity index is 1.90. The highest BCUT2D eigenvalue weighted by Gasteiger charge is 2.45. The number of anilines is 1. The van der Waals surface area contributed by atoms with Crippen molar-refractivity contribution in [3.63, 3.8) is 0 Å². The Bertz CT molecular complexity index is 1200. The Labute approximate surface area is 178 Å². The minimum absolute atomic E-state index is 0.0659. The van der Waals surface area contributed by atoms with Crippen LogP contribution in [-0.2, 0) is 4.79 Å². The van der Waals surface area contributed by atoms with Gasteiger partial charge in [0.1, 0.15) is 0 Å². The SMILES string of the molecule is Cc1nc(C)c(C(=O)C2=C(O)C(=O)N(c3ccc(C)c(C)c3)C2c2ccncc2)s1. The Kier molecular flexibility index (Phi) is 4.99. The zero-order valence-electron chi connectivity index (χ0n) is 17.1. The maximum Gasteiger partial charge on any atom is 0.294 e. The van der Waals surface area contributed by atoms with Gasteiger partial charge in [-0.15, -0.1) is 11.3 Å². The third-order valence-corrected chi connectivity index (χ3v) is 6.42. The van der Waals surface area contributed by atoms with Crippen LogP contribution in [0.15, 0.2) is 54.1 Å². The van der Waals surface area contributed by atoms with E-state index in [4.69, 9.17) is 0 Å². The number of aliphatic hydroxyl groups is 1. The molecule has 3 heterocycles. The Morgan fingerprint density at radius 2 is 1.77 bits per heavy atom. The molecule has 1 unspecified atom stereocenters. The molecule has 1 aliphatic heterocycles. The number of carbonyl (C=O) groups excluding carboxylic acids is 2. The lowest BCUT2D eigenvalue weighted by Crippen LogP contribution is -2.31. The van der Waals surface area contributed by atoms with Crippen LogP contribution in [0.3, 0.4) is 0 Å². The fourth-order valence-electron chi connectivity index (χ4n) is 3.70. The van der Waals surface area contributed by atoms with Gasteiger partial charge >= 0.3 is 0 Å². The van der Waals surface area contributed by atoms with Gasteiger partial charge in [-0.2, -0.15) is 0 Å². The van der Waals surface area contributed by atoms with E-state index in [2.05, 4.69) is 9.97 Å². The third-order valence-electron chi connectivity index (χ3n) is 5.35. The number of aromatic nitrogens is 2. The molecule has 0 aliphatic carbocycles. The van der Waals surface area contributed by atoms with Crippen molar-refractivity contribution in [2.45, 2.75) is 33.7 Å². The van der Waals surface area contributed by atoms with Gasteiger partial charge in [0.25, 0.3) is 5.91 Å². The topological polar surface area (TPSA) is 83.4 Å². The fourth-order valence-corrected chi connectivity index (χ4v) is 4.58. The lowest BCUT2D eigenvalue weighted by molar-refractivity contribution is -0.117. The summed E-state index contributed by atoms with van der Waals surface area (Å²) in [6.07, 6.45) is 3.22. The molecular weight excluding hydrogens is 398 g/mol. The zero-order valence-corrected chi connectivity index (χ0v) is 17.9. The van der Waals surface area contributed by atoms with Crippen LogP contribution in [0.5, 0.6) is 0 Å². The Morgan fingerprint density at radius 3 is 2.37 bits per heavy atom. The highest BCUT2D eigenvalue weighted by Crippen LogP contribution is 2.42. The number of aliphatic hydroxyl groups excluding tert-OH is 1. The fraction of sp³-hybridized carbons (Fsp3) is 0.217. The minimum Gasteiger partial charge on any atom is -0.503 e. The van der Waals surface area contributed by atoms with E-state index in [1.807, 2.05) is 39.0 Å². The third kappa shape index (κ3) is 3.21. The van der Waals surface area contributed by atoms with Gasteiger partial charge in [-0.3, -0.25) is 19.5 Å². The van der Waals surface area contributed by atoms with E-state index < -0.39 is 17.7 Å². The number of hydrogen-bond acceptors (Lipinski definition) is 6. The average Bonchev–Trinajstić information content (AvgIpc) is 3.20. The summed E-state index contributed by atoms with van der Waals surface area (Å²) in [4.78, 5) is 36.9. The summed E-state index contributed by atoms with van der Waals surface area (Å²) in [5.41, 5.74) is 4.08. The number of amides is 1. The zero-order chi connectivity index (χ0) is 21.6. The van der Waals surface area contributed by atoms with E-state index in [-0.39, 0.29) is 11.4 Å². The van der Waals surface area contributed by atoms with E-state index >= 15 is 0 Å². The lowest BCUT2D eigenvalue weighted by Gasteiger charge is -2.27. The molecule has 1 atom stereocenters. The number of aryl methyl sites for hydroxylation is 4. The summed E-state index contributed by atoms with van der Waals surface area (Å²) < 4.78 is 0. The van der Waals surface area contributed by atoms with E-state index in [0.717, 1.165) is 16.1 Å². The molecule has 0 spiro atoms. The quantitative estimate of drug-likeness (QED) is 0.627. The summed E-state index contributed by atoms with van der Waals surface area (Å²) in [5.74, 6) is -1.50. The van der Waals surface area contributed by atoms with Crippen LogP contribution in [0, 0.1) is 27.7 Å². The largest absolute Gasteiger partial charge is 0.503 e. The summed E-state index contributed by atoms with van der Waals surface area (Å²) >= 11 is 1.26. The number of Topliss-reactive ketones (excluding diaryl/α,β-unsaturated/α-hetero) is 1. The number of benzene rings is 1. The van der Waals surface area contributed by atoms with Crippen LogP contribution < -0.4 is 4.90 Å². The lowest BCUT2D eigenvalue weighted by atomic mass is 9.95. The Hall–Kier alpha value is -3.32. The van der Waals surface area contributed by atoms with Crippen LogP contribution in [0.4, 0.5) is 5.69 Å². The molecular formula is C23H21N3O3S. The van der Waals surface area contributed by atoms with Gasteiger partial charge in [0.05, 0.1) is 27.2 Å². The van der Waals surface area contributed by atoms with Crippen molar-refractivity contribution >= 4 is 28.7 Å². The highest BCUT2D eigenvalue weighted by atomic mass is 32.1. The second kappa shape index (κ2) is 7.50. The number of pyridine rings is 1. The molecule has 1 aliphatic rings. The van der Waals surface area contributed by atoms with Gasteiger partial charge in [0.15, 0.2) is 5.76 Å². The van der Waals surface area contributed by atoms with Crippen LogP contribution in [0.25, 0.3) is 0 Å². The summed E-state index contributed by atoms with van der Waals surface area (Å²) in [5, 5.41) is 11.6. The average molecular weight is 420 g/mol. The van der Waals surface area contributed by atoms with Gasteiger partial charge in [0, 0.05) is 18.1 Å². The number of ketones is 1. The van der Waals surface area contributed by atoms with Crippen LogP contribution in [0.1, 0.15) is 43.1 Å².